The Bertz CT molecular complexity index is 456. The number of nitrogens with zero attached hydrogens (tertiary/aromatic N) is 2. The Morgan fingerprint density at radius 2 is 2.18 bits per heavy atom. The SMILES string of the molecule is Nc1ccnc(CCNc2cccc(F)c2)n1. The van der Waals surface area contributed by atoms with Crippen LogP contribution in [0.1, 0.15) is 5.82 Å². The van der Waals surface area contributed by atoms with E-state index in [9.17, 15) is 4.39 Å². The van der Waals surface area contributed by atoms with Crippen molar-refractivity contribution in [2.75, 3.05) is 17.6 Å². The van der Waals surface area contributed by atoms with Crippen molar-refractivity contribution in [2.45, 2.75) is 6.42 Å². The largest absolute Gasteiger partial charge is 0.385 e. The van der Waals surface area contributed by atoms with Crippen molar-refractivity contribution in [3.8, 4) is 0 Å². The molecule has 0 amide bonds. The molecule has 0 aliphatic heterocycles. The number of rotatable bonds is 4. The summed E-state index contributed by atoms with van der Waals surface area (Å²) in [6, 6.07) is 7.97. The van der Waals surface area contributed by atoms with Gasteiger partial charge in [-0.2, -0.15) is 0 Å². The normalized spacial score (nSPS) is 10.2. The molecule has 2 rings (SSSR count). The number of halogens is 1. The van der Waals surface area contributed by atoms with Gasteiger partial charge in [0.05, 0.1) is 0 Å². The molecule has 5 heteroatoms. The lowest BCUT2D eigenvalue weighted by atomic mass is 10.3. The zero-order valence-corrected chi connectivity index (χ0v) is 9.23. The molecule has 17 heavy (non-hydrogen) atoms. The molecule has 0 atom stereocenters. The first-order valence-corrected chi connectivity index (χ1v) is 5.31. The molecule has 0 spiro atoms. The van der Waals surface area contributed by atoms with Crippen LogP contribution in [0.2, 0.25) is 0 Å². The maximum absolute atomic E-state index is 12.9. The molecule has 88 valence electrons. The molecule has 4 nitrogen and oxygen atoms in total. The van der Waals surface area contributed by atoms with E-state index < -0.39 is 0 Å². The van der Waals surface area contributed by atoms with Crippen molar-refractivity contribution in [2.24, 2.45) is 0 Å². The first-order valence-electron chi connectivity index (χ1n) is 5.31. The van der Waals surface area contributed by atoms with Crippen LogP contribution in [0.25, 0.3) is 0 Å². The average Bonchev–Trinajstić information content (AvgIpc) is 2.29. The first kappa shape index (κ1) is 11.3. The van der Waals surface area contributed by atoms with Gasteiger partial charge in [-0.15, -0.1) is 0 Å². The predicted octanol–water partition coefficient (Wildman–Crippen LogP) is 1.85. The van der Waals surface area contributed by atoms with E-state index in [0.29, 0.717) is 24.6 Å². The lowest BCUT2D eigenvalue weighted by Crippen LogP contribution is -2.08. The molecule has 3 N–H and O–H groups in total. The summed E-state index contributed by atoms with van der Waals surface area (Å²) in [4.78, 5) is 8.16. The first-order chi connectivity index (χ1) is 8.24. The lowest BCUT2D eigenvalue weighted by molar-refractivity contribution is 0.628. The standard InChI is InChI=1S/C12H13FN4/c13-9-2-1-3-10(8-9)15-7-5-12-16-6-4-11(14)17-12/h1-4,6,8,15H,5,7H2,(H2,14,16,17). The van der Waals surface area contributed by atoms with E-state index in [1.54, 1.807) is 18.3 Å². The number of nitrogens with two attached hydrogens (primary N) is 1. The van der Waals surface area contributed by atoms with Gasteiger partial charge in [-0.05, 0) is 24.3 Å². The van der Waals surface area contributed by atoms with Gasteiger partial charge in [0.2, 0.25) is 0 Å². The van der Waals surface area contributed by atoms with Gasteiger partial charge in [0.1, 0.15) is 17.5 Å². The molecule has 0 radical (unpaired) electrons. The molecule has 0 fully saturated rings. The van der Waals surface area contributed by atoms with E-state index in [-0.39, 0.29) is 5.82 Å². The van der Waals surface area contributed by atoms with Gasteiger partial charge in [0.15, 0.2) is 0 Å². The molecule has 0 bridgehead atoms. The monoisotopic (exact) mass is 232 g/mol. The summed E-state index contributed by atoms with van der Waals surface area (Å²) >= 11 is 0. The van der Waals surface area contributed by atoms with Gasteiger partial charge in [-0.3, -0.25) is 0 Å². The molecule has 0 saturated carbocycles. The summed E-state index contributed by atoms with van der Waals surface area (Å²) in [5.41, 5.74) is 6.28. The van der Waals surface area contributed by atoms with Crippen LogP contribution in [0.15, 0.2) is 36.5 Å². The fraction of sp³-hybridized carbons (Fsp3) is 0.167. The highest BCUT2D eigenvalue weighted by atomic mass is 19.1. The number of hydrogen-bond donors (Lipinski definition) is 2. The Kier molecular flexibility index (Phi) is 3.49. The van der Waals surface area contributed by atoms with Gasteiger partial charge in [0, 0.05) is 24.8 Å². The number of benzene rings is 1. The van der Waals surface area contributed by atoms with Crippen LogP contribution in [0, 0.1) is 5.82 Å². The molecule has 1 aromatic carbocycles. The molecular weight excluding hydrogens is 219 g/mol. The van der Waals surface area contributed by atoms with Gasteiger partial charge in [0.25, 0.3) is 0 Å². The summed E-state index contributed by atoms with van der Waals surface area (Å²) < 4.78 is 12.9. The predicted molar refractivity (Wildman–Crippen MR) is 65.0 cm³/mol. The summed E-state index contributed by atoms with van der Waals surface area (Å²) in [5, 5.41) is 3.09. The Morgan fingerprint density at radius 1 is 1.29 bits per heavy atom. The van der Waals surface area contributed by atoms with Crippen molar-refractivity contribution in [3.05, 3.63) is 48.2 Å². The van der Waals surface area contributed by atoms with E-state index in [0.717, 1.165) is 5.69 Å². The lowest BCUT2D eigenvalue weighted by Gasteiger charge is -2.05. The maximum atomic E-state index is 12.9. The second kappa shape index (κ2) is 5.25. The smallest absolute Gasteiger partial charge is 0.132 e. The minimum atomic E-state index is -0.254. The van der Waals surface area contributed by atoms with E-state index in [2.05, 4.69) is 15.3 Å². The summed E-state index contributed by atoms with van der Waals surface area (Å²) in [5.74, 6) is 0.880. The van der Waals surface area contributed by atoms with Crippen molar-refractivity contribution in [3.63, 3.8) is 0 Å². The number of aromatic nitrogens is 2. The van der Waals surface area contributed by atoms with Crippen LogP contribution < -0.4 is 11.1 Å². The Hall–Kier alpha value is -2.17. The summed E-state index contributed by atoms with van der Waals surface area (Å²) in [6.45, 7) is 0.632. The maximum Gasteiger partial charge on any atom is 0.132 e. The van der Waals surface area contributed by atoms with Crippen molar-refractivity contribution >= 4 is 11.5 Å². The number of nitrogens with one attached hydrogen (secondary N) is 1. The van der Waals surface area contributed by atoms with Crippen LogP contribution in [0.4, 0.5) is 15.9 Å². The topological polar surface area (TPSA) is 63.8 Å². The van der Waals surface area contributed by atoms with Crippen LogP contribution >= 0.6 is 0 Å². The molecule has 0 aliphatic rings. The third-order valence-electron chi connectivity index (χ3n) is 2.23. The Balaban J connectivity index is 1.87. The van der Waals surface area contributed by atoms with Crippen molar-refractivity contribution in [1.29, 1.82) is 0 Å². The molecule has 2 aromatic rings. The molecule has 0 aliphatic carbocycles. The minimum Gasteiger partial charge on any atom is -0.385 e. The van der Waals surface area contributed by atoms with Crippen LogP contribution in [-0.4, -0.2) is 16.5 Å². The van der Waals surface area contributed by atoms with Gasteiger partial charge in [-0.1, -0.05) is 6.07 Å². The third kappa shape index (κ3) is 3.41. The van der Waals surface area contributed by atoms with Crippen molar-refractivity contribution in [1.82, 2.24) is 9.97 Å². The van der Waals surface area contributed by atoms with E-state index in [1.165, 1.54) is 12.1 Å². The molecule has 1 aromatic heterocycles. The van der Waals surface area contributed by atoms with Crippen LogP contribution in [0.5, 0.6) is 0 Å². The Labute approximate surface area is 98.7 Å². The second-order valence-corrected chi connectivity index (χ2v) is 3.58. The minimum absolute atomic E-state index is 0.254. The quantitative estimate of drug-likeness (QED) is 0.844. The fourth-order valence-electron chi connectivity index (χ4n) is 1.45. The van der Waals surface area contributed by atoms with E-state index >= 15 is 0 Å². The zero-order chi connectivity index (χ0) is 12.1. The van der Waals surface area contributed by atoms with E-state index in [1.807, 2.05) is 6.07 Å². The fourth-order valence-corrected chi connectivity index (χ4v) is 1.45. The highest BCUT2D eigenvalue weighted by Gasteiger charge is 1.98. The van der Waals surface area contributed by atoms with Crippen molar-refractivity contribution < 1.29 is 4.39 Å². The summed E-state index contributed by atoms with van der Waals surface area (Å²) in [7, 11) is 0. The van der Waals surface area contributed by atoms with Gasteiger partial charge in [-0.25, -0.2) is 14.4 Å². The molecule has 0 unspecified atom stereocenters. The molecule has 1 heterocycles. The van der Waals surface area contributed by atoms with Gasteiger partial charge < -0.3 is 11.1 Å². The van der Waals surface area contributed by atoms with E-state index in [4.69, 9.17) is 5.73 Å². The Morgan fingerprint density at radius 3 is 2.94 bits per heavy atom. The second-order valence-electron chi connectivity index (χ2n) is 3.58. The van der Waals surface area contributed by atoms with Crippen LogP contribution in [-0.2, 0) is 6.42 Å². The average molecular weight is 232 g/mol. The zero-order valence-electron chi connectivity index (χ0n) is 9.23. The highest BCUT2D eigenvalue weighted by Crippen LogP contribution is 2.08. The number of hydrogen-bond acceptors (Lipinski definition) is 4. The van der Waals surface area contributed by atoms with Crippen LogP contribution in [0.3, 0.4) is 0 Å². The van der Waals surface area contributed by atoms with Gasteiger partial charge >= 0.3 is 0 Å². The third-order valence-corrected chi connectivity index (χ3v) is 2.23. The highest BCUT2D eigenvalue weighted by molar-refractivity contribution is 5.43. The summed E-state index contributed by atoms with van der Waals surface area (Å²) in [6.07, 6.45) is 2.27. The number of nitrogen functional groups attached to an aromatic ring is 1. The number of anilines is 2. The molecule has 0 saturated heterocycles. The molecular formula is C12H13FN4.